The molecule has 0 unspecified atom stereocenters. The zero-order valence-corrected chi connectivity index (χ0v) is 24.7. The molecule has 5 heteroatoms. The van der Waals surface area contributed by atoms with Gasteiger partial charge < -0.3 is 9.67 Å². The minimum Gasteiger partial charge on any atom is -0.507 e. The zero-order chi connectivity index (χ0) is 27.4. The molecule has 4 nitrogen and oxygen atoms in total. The van der Waals surface area contributed by atoms with Gasteiger partial charge in [0.2, 0.25) is 0 Å². The van der Waals surface area contributed by atoms with Crippen LogP contribution < -0.4 is 5.19 Å². The number of pyridine rings is 1. The van der Waals surface area contributed by atoms with E-state index in [9.17, 15) is 5.11 Å². The normalized spacial score (nSPS) is 12.3. The second-order valence-electron chi connectivity index (χ2n) is 12.4. The van der Waals surface area contributed by atoms with Gasteiger partial charge in [-0.15, -0.1) is 0 Å². The van der Waals surface area contributed by atoms with E-state index in [4.69, 9.17) is 4.98 Å². The molecule has 0 bridgehead atoms. The second kappa shape index (κ2) is 9.24. The van der Waals surface area contributed by atoms with Gasteiger partial charge in [-0.2, -0.15) is 0 Å². The predicted octanol–water partition coefficient (Wildman–Crippen LogP) is 7.83. The molecular weight excluding hydrogens is 482 g/mol. The van der Waals surface area contributed by atoms with Gasteiger partial charge in [0.25, 0.3) is 0 Å². The van der Waals surface area contributed by atoms with Crippen molar-refractivity contribution in [3.8, 4) is 39.5 Å². The molecule has 0 saturated heterocycles. The fourth-order valence-corrected chi connectivity index (χ4v) is 6.05. The SMILES string of the molecule is Cc1ccc(O)c(-c2nc3c(-c4cc(-c5ccccn5)cc(C(C)(C)C)c4)cc([Si](C)(C)C)cc3n2C)c1. The zero-order valence-electron chi connectivity index (χ0n) is 23.7. The van der Waals surface area contributed by atoms with E-state index in [1.165, 1.54) is 10.8 Å². The standard InChI is InChI=1S/C33H37N3OSi/c1-21-12-13-30(37)27(15-21)32-35-31-26(19-25(38(6,7)8)20-29(31)36(32)5)22-16-23(28-11-9-10-14-34-28)18-24(17-22)33(2,3)4/h9-20,37H,1-8H3. The van der Waals surface area contributed by atoms with Crippen molar-refractivity contribution in [3.05, 3.63) is 84.1 Å². The van der Waals surface area contributed by atoms with Gasteiger partial charge in [-0.3, -0.25) is 4.98 Å². The number of aryl methyl sites for hydroxylation is 2. The molecule has 3 aromatic carbocycles. The van der Waals surface area contributed by atoms with Crippen LogP contribution in [0.3, 0.4) is 0 Å². The van der Waals surface area contributed by atoms with E-state index >= 15 is 0 Å². The number of hydrogen-bond acceptors (Lipinski definition) is 3. The van der Waals surface area contributed by atoms with Gasteiger partial charge in [0.05, 0.1) is 30.4 Å². The molecule has 0 radical (unpaired) electrons. The van der Waals surface area contributed by atoms with Crippen LogP contribution in [0, 0.1) is 6.92 Å². The predicted molar refractivity (Wildman–Crippen MR) is 163 cm³/mol. The molecule has 0 aliphatic carbocycles. The third-order valence-corrected chi connectivity index (χ3v) is 9.34. The lowest BCUT2D eigenvalue weighted by molar-refractivity contribution is 0.476. The van der Waals surface area contributed by atoms with E-state index in [1.807, 2.05) is 37.4 Å². The molecule has 0 saturated carbocycles. The van der Waals surface area contributed by atoms with Crippen LogP contribution in [0.5, 0.6) is 5.75 Å². The number of aromatic nitrogens is 3. The van der Waals surface area contributed by atoms with Gasteiger partial charge in [0.1, 0.15) is 11.6 Å². The average Bonchev–Trinajstić information content (AvgIpc) is 3.20. The number of phenols is 1. The maximum atomic E-state index is 10.7. The monoisotopic (exact) mass is 519 g/mol. The topological polar surface area (TPSA) is 50.9 Å². The van der Waals surface area contributed by atoms with Crippen LogP contribution in [0.1, 0.15) is 31.9 Å². The largest absolute Gasteiger partial charge is 0.507 e. The summed E-state index contributed by atoms with van der Waals surface area (Å²) in [6.45, 7) is 15.9. The summed E-state index contributed by atoms with van der Waals surface area (Å²) < 4.78 is 2.13. The van der Waals surface area contributed by atoms with Gasteiger partial charge in [-0.25, -0.2) is 4.98 Å². The Labute approximate surface area is 227 Å². The first kappa shape index (κ1) is 25.9. The Balaban J connectivity index is 1.85. The first-order valence-electron chi connectivity index (χ1n) is 13.2. The number of imidazole rings is 1. The van der Waals surface area contributed by atoms with Gasteiger partial charge in [0.15, 0.2) is 0 Å². The first-order valence-corrected chi connectivity index (χ1v) is 16.7. The highest BCUT2D eigenvalue weighted by atomic mass is 28.3. The summed E-state index contributed by atoms with van der Waals surface area (Å²) in [4.78, 5) is 9.84. The lowest BCUT2D eigenvalue weighted by Gasteiger charge is -2.23. The number of rotatable bonds is 4. The fourth-order valence-electron chi connectivity index (χ4n) is 4.91. The smallest absolute Gasteiger partial charge is 0.144 e. The van der Waals surface area contributed by atoms with Gasteiger partial charge >= 0.3 is 0 Å². The Morgan fingerprint density at radius 3 is 2.24 bits per heavy atom. The highest BCUT2D eigenvalue weighted by Gasteiger charge is 2.24. The van der Waals surface area contributed by atoms with Crippen molar-refractivity contribution in [3.63, 3.8) is 0 Å². The fraction of sp³-hybridized carbons (Fsp3) is 0.273. The van der Waals surface area contributed by atoms with E-state index in [-0.39, 0.29) is 11.2 Å². The Morgan fingerprint density at radius 2 is 1.58 bits per heavy atom. The lowest BCUT2D eigenvalue weighted by Crippen LogP contribution is -2.37. The molecule has 0 spiro atoms. The van der Waals surface area contributed by atoms with Crippen molar-refractivity contribution in [2.75, 3.05) is 0 Å². The molecule has 194 valence electrons. The summed E-state index contributed by atoms with van der Waals surface area (Å²) in [6.07, 6.45) is 1.85. The summed E-state index contributed by atoms with van der Waals surface area (Å²) >= 11 is 0. The molecule has 2 aromatic heterocycles. The molecule has 0 amide bonds. The summed E-state index contributed by atoms with van der Waals surface area (Å²) in [5, 5.41) is 12.1. The Bertz CT molecular complexity index is 1650. The molecular formula is C33H37N3OSi. The van der Waals surface area contributed by atoms with E-state index in [0.717, 1.165) is 50.4 Å². The number of aromatic hydroxyl groups is 1. The molecule has 0 aliphatic rings. The van der Waals surface area contributed by atoms with Crippen molar-refractivity contribution in [2.45, 2.75) is 52.8 Å². The van der Waals surface area contributed by atoms with Crippen molar-refractivity contribution >= 4 is 24.3 Å². The van der Waals surface area contributed by atoms with Crippen molar-refractivity contribution in [1.82, 2.24) is 14.5 Å². The van der Waals surface area contributed by atoms with Gasteiger partial charge in [-0.1, -0.05) is 75.4 Å². The average molecular weight is 520 g/mol. The first-order chi connectivity index (χ1) is 17.8. The van der Waals surface area contributed by atoms with Crippen LogP contribution in [0.2, 0.25) is 19.6 Å². The van der Waals surface area contributed by atoms with Crippen molar-refractivity contribution < 1.29 is 5.11 Å². The number of phenolic OH excluding ortho intramolecular Hbond substituents is 1. The Morgan fingerprint density at radius 1 is 0.842 bits per heavy atom. The molecule has 0 fully saturated rings. The minimum atomic E-state index is -1.66. The number of hydrogen-bond donors (Lipinski definition) is 1. The molecule has 0 atom stereocenters. The molecule has 2 heterocycles. The van der Waals surface area contributed by atoms with Crippen LogP contribution in [-0.4, -0.2) is 27.7 Å². The highest BCUT2D eigenvalue weighted by Crippen LogP contribution is 2.38. The molecule has 5 rings (SSSR count). The van der Waals surface area contributed by atoms with E-state index < -0.39 is 8.07 Å². The maximum absolute atomic E-state index is 10.7. The summed E-state index contributed by atoms with van der Waals surface area (Å²) in [7, 11) is 0.392. The number of nitrogens with zero attached hydrogens (tertiary/aromatic N) is 3. The third-order valence-electron chi connectivity index (χ3n) is 7.32. The van der Waals surface area contributed by atoms with E-state index in [1.54, 1.807) is 6.07 Å². The molecule has 38 heavy (non-hydrogen) atoms. The number of fused-ring (bicyclic) bond motifs is 1. The van der Waals surface area contributed by atoms with Crippen LogP contribution in [0.25, 0.3) is 44.8 Å². The van der Waals surface area contributed by atoms with E-state index in [2.05, 4.69) is 93.4 Å². The Hall–Kier alpha value is -3.70. The lowest BCUT2D eigenvalue weighted by atomic mass is 9.83. The van der Waals surface area contributed by atoms with Crippen LogP contribution >= 0.6 is 0 Å². The second-order valence-corrected chi connectivity index (χ2v) is 17.5. The van der Waals surface area contributed by atoms with Crippen molar-refractivity contribution in [1.29, 1.82) is 0 Å². The molecule has 5 aromatic rings. The summed E-state index contributed by atoms with van der Waals surface area (Å²) in [5.74, 6) is 1.01. The van der Waals surface area contributed by atoms with Gasteiger partial charge in [0, 0.05) is 24.4 Å². The quantitative estimate of drug-likeness (QED) is 0.246. The van der Waals surface area contributed by atoms with Crippen molar-refractivity contribution in [2.24, 2.45) is 7.05 Å². The third kappa shape index (κ3) is 4.79. The molecule has 1 N–H and O–H groups in total. The highest BCUT2D eigenvalue weighted by molar-refractivity contribution is 6.88. The van der Waals surface area contributed by atoms with Crippen LogP contribution in [-0.2, 0) is 12.5 Å². The van der Waals surface area contributed by atoms with Crippen LogP contribution in [0.4, 0.5) is 0 Å². The van der Waals surface area contributed by atoms with Gasteiger partial charge in [-0.05, 0) is 65.9 Å². The Kier molecular flexibility index (Phi) is 6.31. The minimum absolute atomic E-state index is 0.0301. The summed E-state index contributed by atoms with van der Waals surface area (Å²) in [6, 6.07) is 23.2. The van der Waals surface area contributed by atoms with Crippen LogP contribution in [0.15, 0.2) is 72.9 Å². The maximum Gasteiger partial charge on any atom is 0.144 e. The summed E-state index contributed by atoms with van der Waals surface area (Å²) in [5.41, 5.74) is 9.42. The molecule has 0 aliphatic heterocycles. The number of benzene rings is 3. The van der Waals surface area contributed by atoms with E-state index in [0.29, 0.717) is 0 Å².